The van der Waals surface area contributed by atoms with E-state index in [2.05, 4.69) is 5.16 Å². The van der Waals surface area contributed by atoms with Crippen molar-refractivity contribution >= 4 is 21.6 Å². The molecule has 2 aliphatic heterocycles. The molecule has 162 valence electrons. The molecule has 1 aromatic carbocycles. The molecule has 0 aliphatic carbocycles. The SMILES string of the molecule is Cc1noc(C)c1S(=O)(=O)N1CCN(C(=O)CN2CCCc3cccc(F)c32)CC1. The van der Waals surface area contributed by atoms with E-state index in [9.17, 15) is 17.6 Å². The van der Waals surface area contributed by atoms with Crippen LogP contribution in [0.2, 0.25) is 0 Å². The maximum atomic E-state index is 14.3. The van der Waals surface area contributed by atoms with Gasteiger partial charge < -0.3 is 14.3 Å². The molecule has 3 heterocycles. The lowest BCUT2D eigenvalue weighted by Crippen LogP contribution is -2.53. The molecule has 10 heteroatoms. The van der Waals surface area contributed by atoms with Gasteiger partial charge in [0.05, 0.1) is 12.2 Å². The van der Waals surface area contributed by atoms with E-state index in [0.717, 1.165) is 18.4 Å². The summed E-state index contributed by atoms with van der Waals surface area (Å²) in [6.07, 6.45) is 1.67. The monoisotopic (exact) mass is 436 g/mol. The maximum Gasteiger partial charge on any atom is 0.248 e. The van der Waals surface area contributed by atoms with E-state index in [0.29, 0.717) is 31.0 Å². The number of carbonyl (C=O) groups excluding carboxylic acids is 1. The molecule has 4 rings (SSSR count). The zero-order valence-electron chi connectivity index (χ0n) is 17.1. The molecule has 1 fully saturated rings. The Morgan fingerprint density at radius 1 is 1.17 bits per heavy atom. The number of amides is 1. The number of nitrogens with zero attached hydrogens (tertiary/aromatic N) is 4. The quantitative estimate of drug-likeness (QED) is 0.725. The van der Waals surface area contributed by atoms with Crippen molar-refractivity contribution in [3.8, 4) is 0 Å². The molecular formula is C20H25FN4O4S. The van der Waals surface area contributed by atoms with Gasteiger partial charge in [0.25, 0.3) is 0 Å². The lowest BCUT2D eigenvalue weighted by molar-refractivity contribution is -0.130. The first-order chi connectivity index (χ1) is 14.3. The van der Waals surface area contributed by atoms with Crippen molar-refractivity contribution in [3.63, 3.8) is 0 Å². The molecule has 2 aromatic rings. The number of sulfonamides is 1. The number of para-hydroxylation sites is 1. The summed E-state index contributed by atoms with van der Waals surface area (Å²) in [6.45, 7) is 4.86. The molecule has 2 aliphatic rings. The van der Waals surface area contributed by atoms with Crippen LogP contribution in [0.15, 0.2) is 27.6 Å². The number of fused-ring (bicyclic) bond motifs is 1. The lowest BCUT2D eigenvalue weighted by atomic mass is 10.0. The summed E-state index contributed by atoms with van der Waals surface area (Å²) < 4.78 is 46.6. The van der Waals surface area contributed by atoms with Crippen molar-refractivity contribution in [1.82, 2.24) is 14.4 Å². The van der Waals surface area contributed by atoms with Crippen LogP contribution < -0.4 is 4.90 Å². The largest absolute Gasteiger partial charge is 0.360 e. The van der Waals surface area contributed by atoms with Gasteiger partial charge in [0.2, 0.25) is 15.9 Å². The third-order valence-electron chi connectivity index (χ3n) is 5.74. The standard InChI is InChI=1S/C20H25FN4O4S/c1-14-20(15(2)29-22-14)30(27,28)25-11-9-23(10-12-25)18(26)13-24-8-4-6-16-5-3-7-17(21)19(16)24/h3,5,7H,4,6,8-13H2,1-2H3. The zero-order valence-corrected chi connectivity index (χ0v) is 17.9. The number of aryl methyl sites for hydroxylation is 3. The Morgan fingerprint density at radius 3 is 2.57 bits per heavy atom. The number of carbonyl (C=O) groups is 1. The van der Waals surface area contributed by atoms with E-state index in [1.807, 2.05) is 6.07 Å². The summed E-state index contributed by atoms with van der Waals surface area (Å²) in [5.74, 6) is -0.173. The van der Waals surface area contributed by atoms with Crippen LogP contribution >= 0.6 is 0 Å². The molecule has 8 nitrogen and oxygen atoms in total. The minimum Gasteiger partial charge on any atom is -0.360 e. The number of piperazine rings is 1. The Labute approximate surface area is 175 Å². The van der Waals surface area contributed by atoms with Crippen molar-refractivity contribution in [3.05, 3.63) is 41.0 Å². The van der Waals surface area contributed by atoms with Crippen molar-refractivity contribution in [2.45, 2.75) is 31.6 Å². The van der Waals surface area contributed by atoms with Crippen LogP contribution in [0.1, 0.15) is 23.4 Å². The van der Waals surface area contributed by atoms with Gasteiger partial charge >= 0.3 is 0 Å². The number of anilines is 1. The normalized spacial score (nSPS) is 17.8. The zero-order chi connectivity index (χ0) is 21.5. The summed E-state index contributed by atoms with van der Waals surface area (Å²) in [7, 11) is -3.72. The fourth-order valence-electron chi connectivity index (χ4n) is 4.26. The highest BCUT2D eigenvalue weighted by molar-refractivity contribution is 7.89. The smallest absolute Gasteiger partial charge is 0.248 e. The summed E-state index contributed by atoms with van der Waals surface area (Å²) in [4.78, 5) is 16.4. The third-order valence-corrected chi connectivity index (χ3v) is 7.89. The highest BCUT2D eigenvalue weighted by atomic mass is 32.2. The molecular weight excluding hydrogens is 411 g/mol. The van der Waals surface area contributed by atoms with E-state index in [1.165, 1.54) is 10.4 Å². The van der Waals surface area contributed by atoms with E-state index in [4.69, 9.17) is 4.52 Å². The van der Waals surface area contributed by atoms with Crippen molar-refractivity contribution in [2.75, 3.05) is 44.2 Å². The second-order valence-corrected chi connectivity index (χ2v) is 9.59. The van der Waals surface area contributed by atoms with Gasteiger partial charge in [0.15, 0.2) is 5.76 Å². The van der Waals surface area contributed by atoms with Crippen LogP contribution in [0.4, 0.5) is 10.1 Å². The van der Waals surface area contributed by atoms with Gasteiger partial charge in [-0.1, -0.05) is 17.3 Å². The van der Waals surface area contributed by atoms with Crippen LogP contribution in [0.3, 0.4) is 0 Å². The molecule has 1 aromatic heterocycles. The molecule has 0 atom stereocenters. The summed E-state index contributed by atoms with van der Waals surface area (Å²) in [5, 5.41) is 3.73. The second kappa shape index (κ2) is 7.99. The summed E-state index contributed by atoms with van der Waals surface area (Å²) >= 11 is 0. The fraction of sp³-hybridized carbons (Fsp3) is 0.500. The van der Waals surface area contributed by atoms with Crippen LogP contribution in [-0.4, -0.2) is 68.0 Å². The predicted molar refractivity (Wildman–Crippen MR) is 108 cm³/mol. The lowest BCUT2D eigenvalue weighted by Gasteiger charge is -2.36. The van der Waals surface area contributed by atoms with Gasteiger partial charge in [0, 0.05) is 32.7 Å². The Balaban J connectivity index is 1.41. The van der Waals surface area contributed by atoms with Gasteiger partial charge in [-0.15, -0.1) is 0 Å². The minimum atomic E-state index is -3.72. The maximum absolute atomic E-state index is 14.3. The molecule has 0 radical (unpaired) electrons. The van der Waals surface area contributed by atoms with Gasteiger partial charge in [-0.05, 0) is 38.3 Å². The molecule has 0 N–H and O–H groups in total. The van der Waals surface area contributed by atoms with Gasteiger partial charge in [0.1, 0.15) is 16.4 Å². The Kier molecular flexibility index (Phi) is 5.54. The van der Waals surface area contributed by atoms with Crippen LogP contribution in [-0.2, 0) is 21.2 Å². The Bertz CT molecular complexity index is 1040. The van der Waals surface area contributed by atoms with Gasteiger partial charge in [-0.3, -0.25) is 4.79 Å². The number of hydrogen-bond donors (Lipinski definition) is 0. The summed E-state index contributed by atoms with van der Waals surface area (Å²) in [6, 6.07) is 5.01. The number of benzene rings is 1. The van der Waals surface area contributed by atoms with Crippen molar-refractivity contribution in [2.24, 2.45) is 0 Å². The van der Waals surface area contributed by atoms with E-state index in [-0.39, 0.29) is 42.0 Å². The number of halogens is 1. The highest BCUT2D eigenvalue weighted by Crippen LogP contribution is 2.30. The topological polar surface area (TPSA) is 87.0 Å². The first kappa shape index (κ1) is 20.8. The number of rotatable bonds is 4. The average molecular weight is 437 g/mol. The minimum absolute atomic E-state index is 0.0878. The predicted octanol–water partition coefficient (Wildman–Crippen LogP) is 1.72. The molecule has 1 amide bonds. The number of hydrogen-bond acceptors (Lipinski definition) is 6. The van der Waals surface area contributed by atoms with E-state index < -0.39 is 10.0 Å². The first-order valence-electron chi connectivity index (χ1n) is 10.0. The van der Waals surface area contributed by atoms with Crippen molar-refractivity contribution < 1.29 is 22.1 Å². The van der Waals surface area contributed by atoms with E-state index >= 15 is 0 Å². The molecule has 0 bridgehead atoms. The second-order valence-electron chi connectivity index (χ2n) is 7.71. The Morgan fingerprint density at radius 2 is 1.90 bits per heavy atom. The van der Waals surface area contributed by atoms with Crippen molar-refractivity contribution in [1.29, 1.82) is 0 Å². The first-order valence-corrected chi connectivity index (χ1v) is 11.5. The molecule has 0 unspecified atom stereocenters. The molecule has 0 saturated carbocycles. The van der Waals surface area contributed by atoms with Gasteiger partial charge in [-0.2, -0.15) is 4.31 Å². The van der Waals surface area contributed by atoms with E-state index in [1.54, 1.807) is 29.7 Å². The van der Waals surface area contributed by atoms with Crippen LogP contribution in [0.5, 0.6) is 0 Å². The van der Waals surface area contributed by atoms with Gasteiger partial charge in [-0.25, -0.2) is 12.8 Å². The number of aromatic nitrogens is 1. The van der Waals surface area contributed by atoms with Crippen LogP contribution in [0.25, 0.3) is 0 Å². The molecule has 0 spiro atoms. The highest BCUT2D eigenvalue weighted by Gasteiger charge is 2.34. The Hall–Kier alpha value is -2.46. The molecule has 1 saturated heterocycles. The fourth-order valence-corrected chi connectivity index (χ4v) is 5.97. The molecule has 30 heavy (non-hydrogen) atoms. The average Bonchev–Trinajstić information content (AvgIpc) is 3.07. The third kappa shape index (κ3) is 3.69. The summed E-state index contributed by atoms with van der Waals surface area (Å²) in [5.41, 5.74) is 1.76. The van der Waals surface area contributed by atoms with Crippen LogP contribution in [0, 0.1) is 19.7 Å².